The van der Waals surface area contributed by atoms with Gasteiger partial charge in [-0.2, -0.15) is 18.3 Å². The van der Waals surface area contributed by atoms with Gasteiger partial charge in [-0.25, -0.2) is 10.1 Å². The molecule has 33 heavy (non-hydrogen) atoms. The lowest BCUT2D eigenvalue weighted by atomic mass is 10.2. The van der Waals surface area contributed by atoms with E-state index in [0.717, 1.165) is 17.6 Å². The van der Waals surface area contributed by atoms with Crippen LogP contribution in [0.4, 0.5) is 19.0 Å². The van der Waals surface area contributed by atoms with Crippen molar-refractivity contribution in [3.63, 3.8) is 0 Å². The number of nitrogens with one attached hydrogen (secondary N) is 1. The smallest absolute Gasteiger partial charge is 0.425 e. The number of hydrogen-bond acceptors (Lipinski definition) is 8. The van der Waals surface area contributed by atoms with Crippen LogP contribution < -0.4 is 20.9 Å². The average Bonchev–Trinajstić information content (AvgIpc) is 2.80. The summed E-state index contributed by atoms with van der Waals surface area (Å²) in [5.41, 5.74) is 3.70. The zero-order chi connectivity index (χ0) is 23.8. The molecule has 0 atom stereocenters. The van der Waals surface area contributed by atoms with Crippen molar-refractivity contribution in [1.82, 2.24) is 20.1 Å². The van der Waals surface area contributed by atoms with Gasteiger partial charge in [0.25, 0.3) is 5.56 Å². The highest BCUT2D eigenvalue weighted by Crippen LogP contribution is 2.32. The number of carbonyl (C=O) groups excluding carboxylic acids is 1. The largest absolute Gasteiger partial charge is 0.489 e. The second-order valence-electron chi connectivity index (χ2n) is 7.24. The molecule has 10 nitrogen and oxygen atoms in total. The Hall–Kier alpha value is -3.19. The van der Waals surface area contributed by atoms with Crippen LogP contribution in [0.25, 0.3) is 0 Å². The Labute approximate surface area is 187 Å². The van der Waals surface area contributed by atoms with Gasteiger partial charge in [0.15, 0.2) is 11.3 Å². The van der Waals surface area contributed by atoms with E-state index in [0.29, 0.717) is 32.7 Å². The number of pyridine rings is 1. The van der Waals surface area contributed by atoms with Gasteiger partial charge >= 0.3 is 6.18 Å². The number of alkyl halides is 3. The van der Waals surface area contributed by atoms with Crippen molar-refractivity contribution in [2.45, 2.75) is 19.1 Å². The van der Waals surface area contributed by atoms with Crippen LogP contribution in [0.2, 0.25) is 0 Å². The minimum Gasteiger partial charge on any atom is -0.489 e. The van der Waals surface area contributed by atoms with Gasteiger partial charge in [-0.3, -0.25) is 9.59 Å². The summed E-state index contributed by atoms with van der Waals surface area (Å²) in [7, 11) is 0. The number of piperazine rings is 1. The number of hydrogen-bond donors (Lipinski definition) is 2. The third-order valence-corrected chi connectivity index (χ3v) is 5.05. The molecule has 0 spiro atoms. The molecule has 1 aliphatic rings. The highest BCUT2D eigenvalue weighted by molar-refractivity contribution is 5.76. The molecule has 3 rings (SSSR count). The fourth-order valence-electron chi connectivity index (χ4n) is 3.30. The van der Waals surface area contributed by atoms with Crippen molar-refractivity contribution in [1.29, 1.82) is 0 Å². The van der Waals surface area contributed by atoms with Gasteiger partial charge in [-0.05, 0) is 11.6 Å². The van der Waals surface area contributed by atoms with E-state index >= 15 is 0 Å². The summed E-state index contributed by atoms with van der Waals surface area (Å²) in [5, 5.41) is 5.04. The van der Waals surface area contributed by atoms with Crippen LogP contribution in [0.1, 0.15) is 17.5 Å². The summed E-state index contributed by atoms with van der Waals surface area (Å²) in [6.45, 7) is 2.68. The average molecular weight is 470 g/mol. The van der Waals surface area contributed by atoms with Crippen molar-refractivity contribution in [2.24, 2.45) is 5.73 Å². The summed E-state index contributed by atoms with van der Waals surface area (Å²) in [5.74, 6) is 0.100. The van der Waals surface area contributed by atoms with Crippen LogP contribution in [-0.2, 0) is 22.3 Å². The lowest BCUT2D eigenvalue weighted by Crippen LogP contribution is -2.49. The van der Waals surface area contributed by atoms with Crippen molar-refractivity contribution in [3.05, 3.63) is 46.0 Å². The molecule has 1 saturated heterocycles. The minimum absolute atomic E-state index is 0.0460. The summed E-state index contributed by atoms with van der Waals surface area (Å²) < 4.78 is 49.1. The van der Waals surface area contributed by atoms with E-state index in [2.05, 4.69) is 15.0 Å². The van der Waals surface area contributed by atoms with Crippen LogP contribution in [0.5, 0.6) is 5.75 Å². The normalized spacial score (nSPS) is 14.4. The quantitative estimate of drug-likeness (QED) is 0.515. The Morgan fingerprint density at radius 3 is 2.52 bits per heavy atom. The number of rotatable bonds is 9. The molecular weight excluding hydrogens is 445 g/mol. The Morgan fingerprint density at radius 1 is 1.12 bits per heavy atom. The summed E-state index contributed by atoms with van der Waals surface area (Å²) >= 11 is 0. The van der Waals surface area contributed by atoms with E-state index in [4.69, 9.17) is 15.2 Å². The first-order chi connectivity index (χ1) is 15.8. The molecule has 0 aromatic carbocycles. The van der Waals surface area contributed by atoms with Gasteiger partial charge in [-0.1, -0.05) is 6.07 Å². The maximum absolute atomic E-state index is 12.9. The van der Waals surface area contributed by atoms with Gasteiger partial charge in [0.05, 0.1) is 25.8 Å². The highest BCUT2D eigenvalue weighted by Gasteiger charge is 2.38. The van der Waals surface area contributed by atoms with Crippen LogP contribution in [0, 0.1) is 0 Å². The highest BCUT2D eigenvalue weighted by atomic mass is 19.4. The van der Waals surface area contributed by atoms with Crippen LogP contribution >= 0.6 is 0 Å². The van der Waals surface area contributed by atoms with E-state index in [1.54, 1.807) is 16.2 Å². The standard InChI is InChI=1S/C20H25F3N6O4/c21-20(22,23)18-15(13-26-27-19(18)31)33-10-9-32-8-3-17(30)29-6-4-28(5-7-29)16-2-1-14(11-24)12-25-16/h1-2,12-13H,3-11,24H2,(H,27,31). The van der Waals surface area contributed by atoms with E-state index in [1.807, 2.05) is 12.1 Å². The number of halogens is 3. The zero-order valence-electron chi connectivity index (χ0n) is 17.8. The van der Waals surface area contributed by atoms with Gasteiger partial charge < -0.3 is 25.0 Å². The zero-order valence-corrected chi connectivity index (χ0v) is 17.8. The number of carbonyl (C=O) groups is 1. The van der Waals surface area contributed by atoms with Crippen molar-refractivity contribution in [3.8, 4) is 5.75 Å². The number of amides is 1. The third-order valence-electron chi connectivity index (χ3n) is 5.05. The lowest BCUT2D eigenvalue weighted by molar-refractivity contribution is -0.140. The number of aromatic nitrogens is 3. The van der Waals surface area contributed by atoms with Crippen molar-refractivity contribution < 1.29 is 27.4 Å². The third kappa shape index (κ3) is 6.65. The molecule has 1 amide bonds. The van der Waals surface area contributed by atoms with Gasteiger partial charge in [0.1, 0.15) is 12.4 Å². The van der Waals surface area contributed by atoms with Gasteiger partial charge in [0, 0.05) is 38.9 Å². The Balaban J connectivity index is 1.35. The van der Waals surface area contributed by atoms with Gasteiger partial charge in [0.2, 0.25) is 5.91 Å². The Morgan fingerprint density at radius 2 is 1.88 bits per heavy atom. The maximum Gasteiger partial charge on any atom is 0.425 e. The Kier molecular flexibility index (Phi) is 8.22. The molecule has 0 unspecified atom stereocenters. The molecule has 180 valence electrons. The fourth-order valence-corrected chi connectivity index (χ4v) is 3.30. The first kappa shape index (κ1) is 24.5. The van der Waals surface area contributed by atoms with Crippen LogP contribution in [-0.4, -0.2) is 72.0 Å². The molecule has 1 aliphatic heterocycles. The SMILES string of the molecule is NCc1ccc(N2CCN(C(=O)CCOCCOc3cn[nH]c(=O)c3C(F)(F)F)CC2)nc1. The summed E-state index contributed by atoms with van der Waals surface area (Å²) in [4.78, 5) is 32.0. The predicted molar refractivity (Wildman–Crippen MR) is 112 cm³/mol. The minimum atomic E-state index is -4.87. The number of aromatic amines is 1. The second kappa shape index (κ2) is 11.1. The molecule has 1 fully saturated rings. The number of nitrogens with two attached hydrogens (primary N) is 1. The molecular formula is C20H25F3N6O4. The van der Waals surface area contributed by atoms with E-state index in [1.165, 1.54) is 0 Å². The molecule has 3 heterocycles. The number of ether oxygens (including phenoxy) is 2. The summed E-state index contributed by atoms with van der Waals surface area (Å²) in [6, 6.07) is 3.84. The van der Waals surface area contributed by atoms with Crippen LogP contribution in [0.15, 0.2) is 29.3 Å². The van der Waals surface area contributed by atoms with Crippen LogP contribution in [0.3, 0.4) is 0 Å². The molecule has 0 saturated carbocycles. The molecule has 0 aliphatic carbocycles. The monoisotopic (exact) mass is 470 g/mol. The molecule has 2 aromatic rings. The topological polar surface area (TPSA) is 127 Å². The predicted octanol–water partition coefficient (Wildman–Crippen LogP) is 0.777. The first-order valence-electron chi connectivity index (χ1n) is 10.3. The second-order valence-corrected chi connectivity index (χ2v) is 7.24. The fraction of sp³-hybridized carbons (Fsp3) is 0.500. The number of H-pyrrole nitrogens is 1. The molecule has 2 aromatic heterocycles. The van der Waals surface area contributed by atoms with E-state index in [9.17, 15) is 22.8 Å². The number of nitrogens with zero attached hydrogens (tertiary/aromatic N) is 4. The lowest BCUT2D eigenvalue weighted by Gasteiger charge is -2.35. The van der Waals surface area contributed by atoms with E-state index < -0.39 is 23.0 Å². The van der Waals surface area contributed by atoms with Gasteiger partial charge in [-0.15, -0.1) is 0 Å². The number of anilines is 1. The molecule has 0 radical (unpaired) electrons. The van der Waals surface area contributed by atoms with E-state index in [-0.39, 0.29) is 32.1 Å². The molecule has 13 heteroatoms. The molecule has 3 N–H and O–H groups in total. The maximum atomic E-state index is 12.9. The Bertz CT molecular complexity index is 975. The molecule has 0 bridgehead atoms. The first-order valence-corrected chi connectivity index (χ1v) is 10.3. The van der Waals surface area contributed by atoms with Crippen molar-refractivity contribution >= 4 is 11.7 Å². The summed E-state index contributed by atoms with van der Waals surface area (Å²) in [6.07, 6.45) is -2.20. The van der Waals surface area contributed by atoms with Crippen molar-refractivity contribution in [2.75, 3.05) is 50.9 Å².